The molecule has 10 heavy (non-hydrogen) atoms. The van der Waals surface area contributed by atoms with Gasteiger partial charge in [-0.3, -0.25) is 0 Å². The monoisotopic (exact) mass is 151 g/mol. The second kappa shape index (κ2) is 2.22. The van der Waals surface area contributed by atoms with Gasteiger partial charge in [-0.1, -0.05) is 0 Å². The van der Waals surface area contributed by atoms with Gasteiger partial charge in [0.25, 0.3) is 0 Å². The highest BCUT2D eigenvalue weighted by atomic mass is 32.1. The maximum absolute atomic E-state index is 4.99. The molecule has 0 aliphatic carbocycles. The van der Waals surface area contributed by atoms with Crippen LogP contribution < -0.4 is 0 Å². The van der Waals surface area contributed by atoms with E-state index in [1.54, 1.807) is 6.20 Å². The van der Waals surface area contributed by atoms with Crippen LogP contribution in [0, 0.1) is 5.51 Å². The molecule has 3 nitrogen and oxygen atoms in total. The molecule has 2 aromatic rings. The Kier molecular flexibility index (Phi) is 1.25. The molecular weight excluding hydrogens is 148 g/mol. The van der Waals surface area contributed by atoms with Crippen LogP contribution in [0.2, 0.25) is 0 Å². The zero-order chi connectivity index (χ0) is 6.81. The number of hydrogen-bond acceptors (Lipinski definition) is 4. The average Bonchev–Trinajstić information content (AvgIpc) is 2.59. The van der Waals surface area contributed by atoms with Crippen molar-refractivity contribution < 1.29 is 4.42 Å². The van der Waals surface area contributed by atoms with Gasteiger partial charge in [0, 0.05) is 5.38 Å². The molecular formula is C6H3N2OS. The lowest BCUT2D eigenvalue weighted by Gasteiger charge is -1.81. The van der Waals surface area contributed by atoms with Gasteiger partial charge in [0.05, 0.1) is 6.20 Å². The second-order valence-corrected chi connectivity index (χ2v) is 2.32. The highest BCUT2D eigenvalue weighted by Crippen LogP contribution is 2.14. The van der Waals surface area contributed by atoms with Gasteiger partial charge in [-0.2, -0.15) is 0 Å². The molecule has 49 valence electrons. The molecule has 2 aromatic heterocycles. The molecule has 0 atom stereocenters. The molecule has 1 radical (unpaired) electrons. The lowest BCUT2D eigenvalue weighted by atomic mass is 10.5. The minimum absolute atomic E-state index is 0.553. The van der Waals surface area contributed by atoms with Crippen molar-refractivity contribution in [3.63, 3.8) is 0 Å². The van der Waals surface area contributed by atoms with Crippen molar-refractivity contribution in [1.29, 1.82) is 0 Å². The van der Waals surface area contributed by atoms with Crippen LogP contribution in [0.15, 0.2) is 22.3 Å². The lowest BCUT2D eigenvalue weighted by Crippen LogP contribution is -1.73. The van der Waals surface area contributed by atoms with Gasteiger partial charge >= 0.3 is 0 Å². The Morgan fingerprint density at radius 1 is 1.60 bits per heavy atom. The molecule has 2 heterocycles. The number of hydrogen-bond donors (Lipinski definition) is 0. The third-order valence-electron chi connectivity index (χ3n) is 1.04. The van der Waals surface area contributed by atoms with E-state index in [1.165, 1.54) is 17.6 Å². The zero-order valence-electron chi connectivity index (χ0n) is 4.94. The van der Waals surface area contributed by atoms with Crippen LogP contribution in [0.4, 0.5) is 0 Å². The maximum Gasteiger partial charge on any atom is 0.245 e. The van der Waals surface area contributed by atoms with Crippen molar-refractivity contribution in [2.75, 3.05) is 0 Å². The highest BCUT2D eigenvalue weighted by molar-refractivity contribution is 7.07. The average molecular weight is 151 g/mol. The Morgan fingerprint density at radius 3 is 3.20 bits per heavy atom. The molecule has 0 amide bonds. The van der Waals surface area contributed by atoms with Crippen molar-refractivity contribution in [1.82, 2.24) is 9.97 Å². The number of oxazole rings is 1. The van der Waals surface area contributed by atoms with E-state index in [-0.39, 0.29) is 0 Å². The quantitative estimate of drug-likeness (QED) is 0.621. The van der Waals surface area contributed by atoms with E-state index in [4.69, 9.17) is 4.42 Å². The van der Waals surface area contributed by atoms with Crippen LogP contribution in [0.5, 0.6) is 0 Å². The molecule has 0 unspecified atom stereocenters. The fourth-order valence-electron chi connectivity index (χ4n) is 0.632. The van der Waals surface area contributed by atoms with E-state index in [2.05, 4.69) is 15.5 Å². The third-order valence-corrected chi connectivity index (χ3v) is 1.58. The summed E-state index contributed by atoms with van der Waals surface area (Å²) in [5.41, 5.74) is 3.46. The second-order valence-electron chi connectivity index (χ2n) is 1.66. The van der Waals surface area contributed by atoms with Crippen molar-refractivity contribution in [3.05, 3.63) is 23.4 Å². The van der Waals surface area contributed by atoms with Crippen LogP contribution >= 0.6 is 11.3 Å². The first-order valence-electron chi connectivity index (χ1n) is 2.68. The summed E-state index contributed by atoms with van der Waals surface area (Å²) in [5, 5.41) is 1.84. The first-order chi connectivity index (χ1) is 4.97. The van der Waals surface area contributed by atoms with Crippen LogP contribution in [-0.2, 0) is 0 Å². The van der Waals surface area contributed by atoms with Gasteiger partial charge < -0.3 is 4.42 Å². The SMILES string of the molecule is [c]1nc(-c2ncco2)cs1. The molecule has 2 rings (SSSR count). The minimum atomic E-state index is 0.553. The van der Waals surface area contributed by atoms with Crippen molar-refractivity contribution in [2.24, 2.45) is 0 Å². The van der Waals surface area contributed by atoms with E-state index < -0.39 is 0 Å². The van der Waals surface area contributed by atoms with E-state index in [1.807, 2.05) is 5.38 Å². The molecule has 0 saturated carbocycles. The third kappa shape index (κ3) is 0.823. The van der Waals surface area contributed by atoms with Crippen LogP contribution in [0.1, 0.15) is 0 Å². The highest BCUT2D eigenvalue weighted by Gasteiger charge is 2.02. The summed E-state index contributed by atoms with van der Waals surface area (Å²) in [5.74, 6) is 0.553. The Morgan fingerprint density at radius 2 is 2.60 bits per heavy atom. The molecule has 0 N–H and O–H groups in total. The summed E-state index contributed by atoms with van der Waals surface area (Å²) in [7, 11) is 0. The van der Waals surface area contributed by atoms with Gasteiger partial charge in [-0.05, 0) is 0 Å². The van der Waals surface area contributed by atoms with Gasteiger partial charge in [0.2, 0.25) is 5.89 Å². The minimum Gasteiger partial charge on any atom is -0.443 e. The van der Waals surface area contributed by atoms with Crippen molar-refractivity contribution >= 4 is 11.3 Å². The molecule has 0 spiro atoms. The summed E-state index contributed by atoms with van der Waals surface area (Å²) < 4.78 is 4.99. The summed E-state index contributed by atoms with van der Waals surface area (Å²) in [4.78, 5) is 7.81. The fraction of sp³-hybridized carbons (Fsp3) is 0. The fourth-order valence-corrected chi connectivity index (χ4v) is 1.10. The standard InChI is InChI=1S/C6H3N2OS/c1-2-9-6(7-1)5-3-10-4-8-5/h1-3H. The van der Waals surface area contributed by atoms with Crippen molar-refractivity contribution in [2.45, 2.75) is 0 Å². The first kappa shape index (κ1) is 5.61. The summed E-state index contributed by atoms with van der Waals surface area (Å²) >= 11 is 1.40. The summed E-state index contributed by atoms with van der Waals surface area (Å²) in [6, 6.07) is 0. The number of nitrogens with zero attached hydrogens (tertiary/aromatic N) is 2. The van der Waals surface area contributed by atoms with Gasteiger partial charge in [-0.25, -0.2) is 9.97 Å². The molecule has 0 aliphatic rings. The predicted octanol–water partition coefficient (Wildman–Crippen LogP) is 1.60. The Hall–Kier alpha value is -1.16. The van der Waals surface area contributed by atoms with Crippen molar-refractivity contribution in [3.8, 4) is 11.6 Å². The van der Waals surface area contributed by atoms with Crippen LogP contribution in [0.3, 0.4) is 0 Å². The summed E-state index contributed by atoms with van der Waals surface area (Å²) in [6.45, 7) is 0. The van der Waals surface area contributed by atoms with E-state index in [9.17, 15) is 0 Å². The van der Waals surface area contributed by atoms with E-state index in [0.717, 1.165) is 5.69 Å². The zero-order valence-corrected chi connectivity index (χ0v) is 5.76. The normalized spacial score (nSPS) is 10.0. The first-order valence-corrected chi connectivity index (χ1v) is 3.56. The molecule has 4 heteroatoms. The summed E-state index contributed by atoms with van der Waals surface area (Å²) in [6.07, 6.45) is 3.11. The Labute approximate surface area is 61.4 Å². The molecule has 0 aromatic carbocycles. The van der Waals surface area contributed by atoms with Crippen LogP contribution in [-0.4, -0.2) is 9.97 Å². The maximum atomic E-state index is 4.99. The number of thiazole rings is 1. The number of aromatic nitrogens is 2. The van der Waals surface area contributed by atoms with Crippen LogP contribution in [0.25, 0.3) is 11.6 Å². The molecule has 0 aliphatic heterocycles. The Bertz CT molecular complexity index is 255. The lowest BCUT2D eigenvalue weighted by molar-refractivity contribution is 0.572. The van der Waals surface area contributed by atoms with E-state index in [0.29, 0.717) is 5.89 Å². The van der Waals surface area contributed by atoms with Gasteiger partial charge in [-0.15, -0.1) is 11.3 Å². The van der Waals surface area contributed by atoms with Gasteiger partial charge in [0.15, 0.2) is 5.51 Å². The largest absolute Gasteiger partial charge is 0.443 e. The molecule has 0 fully saturated rings. The topological polar surface area (TPSA) is 38.9 Å². The smallest absolute Gasteiger partial charge is 0.245 e. The Balaban J connectivity index is 2.48. The van der Waals surface area contributed by atoms with Gasteiger partial charge in [0.1, 0.15) is 12.0 Å². The molecule has 0 saturated heterocycles. The molecule has 0 bridgehead atoms. The van der Waals surface area contributed by atoms with E-state index >= 15 is 0 Å². The number of rotatable bonds is 1. The predicted molar refractivity (Wildman–Crippen MR) is 36.4 cm³/mol.